The summed E-state index contributed by atoms with van der Waals surface area (Å²) in [6.07, 6.45) is 3.72. The van der Waals surface area contributed by atoms with Crippen LogP contribution in [0.3, 0.4) is 0 Å². The van der Waals surface area contributed by atoms with Gasteiger partial charge in [0, 0.05) is 30.5 Å². The highest BCUT2D eigenvalue weighted by molar-refractivity contribution is 5.96. The van der Waals surface area contributed by atoms with E-state index in [1.807, 2.05) is 24.1 Å². The number of aliphatic hydroxyl groups is 1. The zero-order chi connectivity index (χ0) is 24.9. The molecule has 0 aromatic carbocycles. The van der Waals surface area contributed by atoms with Crippen LogP contribution in [0.25, 0.3) is 10.8 Å². The number of nitrogens with one attached hydrogen (secondary N) is 1. The van der Waals surface area contributed by atoms with Crippen molar-refractivity contribution in [1.82, 2.24) is 19.9 Å². The third kappa shape index (κ3) is 4.35. The van der Waals surface area contributed by atoms with Gasteiger partial charge in [-0.2, -0.15) is 4.98 Å². The molecule has 3 aromatic rings. The second-order valence-electron chi connectivity index (χ2n) is 10.1. The molecule has 0 spiro atoms. The lowest BCUT2D eigenvalue weighted by Crippen LogP contribution is -2.57. The Hall–Kier alpha value is -3.14. The average Bonchev–Trinajstić information content (AvgIpc) is 2.83. The van der Waals surface area contributed by atoms with Crippen LogP contribution in [0.4, 0.5) is 32.2 Å². The molecule has 0 radical (unpaired) electrons. The largest absolute Gasteiger partial charge is 0.390 e. The quantitative estimate of drug-likeness (QED) is 0.560. The van der Waals surface area contributed by atoms with Crippen molar-refractivity contribution >= 4 is 34.2 Å². The second-order valence-corrected chi connectivity index (χ2v) is 10.1. The van der Waals surface area contributed by atoms with Crippen molar-refractivity contribution in [2.75, 3.05) is 34.8 Å². The molecular weight excluding hydrogens is 452 g/mol. The van der Waals surface area contributed by atoms with E-state index in [-0.39, 0.29) is 18.5 Å². The van der Waals surface area contributed by atoms with Gasteiger partial charge in [-0.15, -0.1) is 0 Å². The van der Waals surface area contributed by atoms with Crippen LogP contribution in [0, 0.1) is 0 Å². The molecular formula is C25H31F2N7O. The Kier molecular flexibility index (Phi) is 5.94. The first kappa shape index (κ1) is 23.6. The number of rotatable bonds is 5. The summed E-state index contributed by atoms with van der Waals surface area (Å²) >= 11 is 0. The number of pyridine rings is 2. The van der Waals surface area contributed by atoms with E-state index in [0.717, 1.165) is 22.2 Å². The molecule has 186 valence electrons. The summed E-state index contributed by atoms with van der Waals surface area (Å²) in [7, 11) is 0. The predicted octanol–water partition coefficient (Wildman–Crippen LogP) is 4.13. The molecule has 8 nitrogen and oxygen atoms in total. The summed E-state index contributed by atoms with van der Waals surface area (Å²) in [4.78, 5) is 21.8. The molecule has 0 amide bonds. The van der Waals surface area contributed by atoms with Crippen molar-refractivity contribution < 1.29 is 13.9 Å². The fraction of sp³-hybridized carbons (Fsp3) is 0.520. The van der Waals surface area contributed by atoms with Crippen LogP contribution < -0.4 is 15.1 Å². The maximum Gasteiger partial charge on any atom is 0.227 e. The first-order valence-corrected chi connectivity index (χ1v) is 12.1. The van der Waals surface area contributed by atoms with Crippen molar-refractivity contribution in [2.45, 2.75) is 64.0 Å². The van der Waals surface area contributed by atoms with Crippen LogP contribution in [0.1, 0.15) is 45.6 Å². The first-order chi connectivity index (χ1) is 16.6. The summed E-state index contributed by atoms with van der Waals surface area (Å²) < 4.78 is 28.5. The van der Waals surface area contributed by atoms with E-state index in [9.17, 15) is 13.9 Å². The normalized spacial score (nSPS) is 26.8. The van der Waals surface area contributed by atoms with Gasteiger partial charge in [0.2, 0.25) is 5.95 Å². The Labute approximate surface area is 203 Å². The van der Waals surface area contributed by atoms with E-state index < -0.39 is 17.9 Å². The Bertz CT molecular complexity index is 1240. The minimum absolute atomic E-state index is 0.0219. The molecule has 0 saturated carbocycles. The second kappa shape index (κ2) is 8.82. The van der Waals surface area contributed by atoms with Gasteiger partial charge in [0.05, 0.1) is 25.2 Å². The van der Waals surface area contributed by atoms with Gasteiger partial charge in [0.15, 0.2) is 5.67 Å². The Morgan fingerprint density at radius 2 is 1.97 bits per heavy atom. The average molecular weight is 484 g/mol. The number of halogens is 2. The lowest BCUT2D eigenvalue weighted by Gasteiger charge is -2.43. The van der Waals surface area contributed by atoms with Gasteiger partial charge in [-0.05, 0) is 49.3 Å². The SMILES string of the molecule is CC(C)c1cnc(N2C[C@H](F)[C@H]2C)c2cnc(Nc3ccnc(N4CC[C@@H](O)[C@@](C)(F)C4)n3)cc12. The Morgan fingerprint density at radius 3 is 2.66 bits per heavy atom. The van der Waals surface area contributed by atoms with Gasteiger partial charge in [-0.25, -0.2) is 23.7 Å². The van der Waals surface area contributed by atoms with Crippen LogP contribution >= 0.6 is 0 Å². The summed E-state index contributed by atoms with van der Waals surface area (Å²) in [6, 6.07) is 3.48. The minimum Gasteiger partial charge on any atom is -0.390 e. The number of aromatic nitrogens is 4. The fourth-order valence-electron chi connectivity index (χ4n) is 4.75. The highest BCUT2D eigenvalue weighted by atomic mass is 19.1. The fourth-order valence-corrected chi connectivity index (χ4v) is 4.75. The van der Waals surface area contributed by atoms with Crippen LogP contribution in [0.5, 0.6) is 0 Å². The number of piperidine rings is 1. The van der Waals surface area contributed by atoms with E-state index in [1.165, 1.54) is 6.92 Å². The molecule has 2 N–H and O–H groups in total. The topological polar surface area (TPSA) is 90.3 Å². The standard InChI is InChI=1S/C25H31F2N7O/c1-14(2)17-10-30-23(34-12-19(26)15(34)3)18-11-29-22(9-16(17)18)31-21-5-7-28-24(32-21)33-8-6-20(35)25(4,27)13-33/h5,7,9-11,14-15,19-20,35H,6,8,12-13H2,1-4H3,(H,28,29,31,32)/t15-,19+,20-,25+/m1/s1. The lowest BCUT2D eigenvalue weighted by molar-refractivity contribution is -0.00860. The van der Waals surface area contributed by atoms with Crippen molar-refractivity contribution in [1.29, 1.82) is 0 Å². The van der Waals surface area contributed by atoms with Crippen molar-refractivity contribution in [3.8, 4) is 0 Å². The minimum atomic E-state index is -1.72. The maximum absolute atomic E-state index is 14.7. The van der Waals surface area contributed by atoms with Crippen molar-refractivity contribution in [3.63, 3.8) is 0 Å². The van der Waals surface area contributed by atoms with Gasteiger partial charge in [-0.1, -0.05) is 13.8 Å². The highest BCUT2D eigenvalue weighted by Crippen LogP contribution is 2.36. The summed E-state index contributed by atoms with van der Waals surface area (Å²) in [6.45, 7) is 8.31. The number of alkyl halides is 2. The molecule has 0 unspecified atom stereocenters. The highest BCUT2D eigenvalue weighted by Gasteiger charge is 2.40. The molecule has 0 aliphatic carbocycles. The van der Waals surface area contributed by atoms with Crippen LogP contribution in [0.15, 0.2) is 30.7 Å². The lowest BCUT2D eigenvalue weighted by atomic mass is 9.94. The number of hydrogen-bond donors (Lipinski definition) is 2. The van der Waals surface area contributed by atoms with E-state index in [0.29, 0.717) is 37.1 Å². The number of aliphatic hydroxyl groups excluding tert-OH is 1. The first-order valence-electron chi connectivity index (χ1n) is 12.1. The molecule has 5 rings (SSSR count). The van der Waals surface area contributed by atoms with E-state index in [2.05, 4.69) is 39.1 Å². The zero-order valence-electron chi connectivity index (χ0n) is 20.4. The molecule has 0 bridgehead atoms. The molecule has 5 heterocycles. The Morgan fingerprint density at radius 1 is 1.17 bits per heavy atom. The molecule has 2 aliphatic heterocycles. The number of nitrogens with zero attached hydrogens (tertiary/aromatic N) is 6. The monoisotopic (exact) mass is 483 g/mol. The molecule has 2 aliphatic rings. The molecule has 35 heavy (non-hydrogen) atoms. The van der Waals surface area contributed by atoms with Crippen molar-refractivity contribution in [3.05, 3.63) is 36.3 Å². The smallest absolute Gasteiger partial charge is 0.227 e. The van der Waals surface area contributed by atoms with Gasteiger partial charge >= 0.3 is 0 Å². The molecule has 3 aromatic heterocycles. The number of anilines is 4. The zero-order valence-corrected chi connectivity index (χ0v) is 20.4. The maximum atomic E-state index is 14.7. The number of hydrogen-bond acceptors (Lipinski definition) is 8. The summed E-state index contributed by atoms with van der Waals surface area (Å²) in [5.41, 5.74) is -0.642. The molecule has 4 atom stereocenters. The van der Waals surface area contributed by atoms with Crippen LogP contribution in [-0.2, 0) is 0 Å². The predicted molar refractivity (Wildman–Crippen MR) is 133 cm³/mol. The van der Waals surface area contributed by atoms with E-state index >= 15 is 0 Å². The summed E-state index contributed by atoms with van der Waals surface area (Å²) in [5.74, 6) is 2.52. The third-order valence-electron chi connectivity index (χ3n) is 7.11. The van der Waals surface area contributed by atoms with Gasteiger partial charge < -0.3 is 20.2 Å². The Balaban J connectivity index is 1.44. The summed E-state index contributed by atoms with van der Waals surface area (Å²) in [5, 5.41) is 15.0. The van der Waals surface area contributed by atoms with Gasteiger partial charge in [0.25, 0.3) is 0 Å². The van der Waals surface area contributed by atoms with E-state index in [4.69, 9.17) is 0 Å². The molecule has 2 saturated heterocycles. The van der Waals surface area contributed by atoms with Gasteiger partial charge in [0.1, 0.15) is 23.6 Å². The van der Waals surface area contributed by atoms with Gasteiger partial charge in [-0.3, -0.25) is 0 Å². The van der Waals surface area contributed by atoms with E-state index in [1.54, 1.807) is 23.4 Å². The third-order valence-corrected chi connectivity index (χ3v) is 7.11. The van der Waals surface area contributed by atoms with Crippen LogP contribution in [0.2, 0.25) is 0 Å². The molecule has 10 heteroatoms. The van der Waals surface area contributed by atoms with Crippen LogP contribution in [-0.4, -0.2) is 68.7 Å². The van der Waals surface area contributed by atoms with Crippen molar-refractivity contribution in [2.24, 2.45) is 0 Å². The number of fused-ring (bicyclic) bond motifs is 1. The molecule has 2 fully saturated rings.